The van der Waals surface area contributed by atoms with Crippen LogP contribution in [-0.2, 0) is 0 Å². The minimum absolute atomic E-state index is 0.118. The number of halogens is 2. The second-order valence-electron chi connectivity index (χ2n) is 4.94. The highest BCUT2D eigenvalue weighted by atomic mass is 79.9. The molecule has 1 atom stereocenters. The molecule has 2 aromatic carbocycles. The Balaban J connectivity index is 2.44. The summed E-state index contributed by atoms with van der Waals surface area (Å²) < 4.78 is 14.9. The molecule has 3 heteroatoms. The maximum Gasteiger partial charge on any atom is 0.142 e. The van der Waals surface area contributed by atoms with Crippen LogP contribution in [0.1, 0.15) is 36.1 Å². The van der Waals surface area contributed by atoms with E-state index in [1.54, 1.807) is 6.07 Å². The molecule has 2 rings (SSSR count). The van der Waals surface area contributed by atoms with E-state index in [9.17, 15) is 4.39 Å². The summed E-state index contributed by atoms with van der Waals surface area (Å²) in [6.45, 7) is 5.01. The molecule has 106 valence electrons. The van der Waals surface area contributed by atoms with Gasteiger partial charge in [-0.2, -0.15) is 0 Å². The third-order valence-corrected chi connectivity index (χ3v) is 3.88. The molecule has 0 amide bonds. The van der Waals surface area contributed by atoms with E-state index in [0.29, 0.717) is 10.0 Å². The van der Waals surface area contributed by atoms with E-state index in [-0.39, 0.29) is 11.9 Å². The van der Waals surface area contributed by atoms with Gasteiger partial charge in [-0.25, -0.2) is 4.39 Å². The Morgan fingerprint density at radius 2 is 1.95 bits per heavy atom. The molecular formula is C17H19BrFN. The van der Waals surface area contributed by atoms with Gasteiger partial charge in [0.15, 0.2) is 0 Å². The van der Waals surface area contributed by atoms with Gasteiger partial charge >= 0.3 is 0 Å². The Morgan fingerprint density at radius 3 is 2.65 bits per heavy atom. The molecule has 0 saturated carbocycles. The fourth-order valence-electron chi connectivity index (χ4n) is 2.29. The molecule has 1 N–H and O–H groups in total. The van der Waals surface area contributed by atoms with E-state index in [1.807, 2.05) is 24.3 Å². The topological polar surface area (TPSA) is 12.0 Å². The largest absolute Gasteiger partial charge is 0.306 e. The fourth-order valence-corrected chi connectivity index (χ4v) is 2.67. The van der Waals surface area contributed by atoms with Gasteiger partial charge in [0, 0.05) is 5.56 Å². The van der Waals surface area contributed by atoms with Crippen molar-refractivity contribution in [3.63, 3.8) is 0 Å². The molecule has 0 saturated heterocycles. The summed E-state index contributed by atoms with van der Waals surface area (Å²) in [7, 11) is 0. The molecule has 0 fully saturated rings. The molecule has 0 bridgehead atoms. The lowest BCUT2D eigenvalue weighted by molar-refractivity contribution is 0.543. The molecule has 20 heavy (non-hydrogen) atoms. The summed E-state index contributed by atoms with van der Waals surface area (Å²) in [5, 5.41) is 3.44. The lowest BCUT2D eigenvalue weighted by Crippen LogP contribution is -2.24. The zero-order valence-corrected chi connectivity index (χ0v) is 13.4. The summed E-state index contributed by atoms with van der Waals surface area (Å²) >= 11 is 3.27. The lowest BCUT2D eigenvalue weighted by Gasteiger charge is -2.21. The highest BCUT2D eigenvalue weighted by Gasteiger charge is 2.18. The van der Waals surface area contributed by atoms with Gasteiger partial charge in [0.2, 0.25) is 0 Å². The number of nitrogens with one attached hydrogen (secondary N) is 1. The number of hydrogen-bond donors (Lipinski definition) is 1. The highest BCUT2D eigenvalue weighted by Crippen LogP contribution is 2.28. The van der Waals surface area contributed by atoms with Crippen LogP contribution in [-0.4, -0.2) is 6.54 Å². The second kappa shape index (κ2) is 7.00. The fraction of sp³-hybridized carbons (Fsp3) is 0.294. The first-order chi connectivity index (χ1) is 9.63. The van der Waals surface area contributed by atoms with Gasteiger partial charge < -0.3 is 5.32 Å². The smallest absolute Gasteiger partial charge is 0.142 e. The van der Waals surface area contributed by atoms with Gasteiger partial charge in [-0.3, -0.25) is 0 Å². The maximum atomic E-state index is 14.4. The molecule has 2 aromatic rings. The Labute approximate surface area is 128 Å². The van der Waals surface area contributed by atoms with Gasteiger partial charge in [-0.1, -0.05) is 48.9 Å². The highest BCUT2D eigenvalue weighted by molar-refractivity contribution is 9.10. The van der Waals surface area contributed by atoms with Crippen LogP contribution < -0.4 is 5.32 Å². The Bertz CT molecular complexity index is 583. The van der Waals surface area contributed by atoms with Crippen molar-refractivity contribution in [2.45, 2.75) is 26.3 Å². The summed E-state index contributed by atoms with van der Waals surface area (Å²) in [6, 6.07) is 13.5. The summed E-state index contributed by atoms with van der Waals surface area (Å²) in [5.74, 6) is -0.192. The van der Waals surface area contributed by atoms with Crippen molar-refractivity contribution in [1.29, 1.82) is 0 Å². The molecule has 0 aliphatic heterocycles. The van der Waals surface area contributed by atoms with E-state index < -0.39 is 0 Å². The maximum absolute atomic E-state index is 14.4. The molecular weight excluding hydrogens is 317 g/mol. The van der Waals surface area contributed by atoms with Crippen molar-refractivity contribution >= 4 is 15.9 Å². The van der Waals surface area contributed by atoms with Crippen molar-refractivity contribution in [3.8, 4) is 0 Å². The van der Waals surface area contributed by atoms with Crippen LogP contribution in [0.3, 0.4) is 0 Å². The van der Waals surface area contributed by atoms with Crippen LogP contribution in [0.2, 0.25) is 0 Å². The Hall–Kier alpha value is -1.19. The van der Waals surface area contributed by atoms with Crippen molar-refractivity contribution in [3.05, 3.63) is 69.4 Å². The molecule has 0 aliphatic carbocycles. The van der Waals surface area contributed by atoms with Crippen molar-refractivity contribution in [2.24, 2.45) is 0 Å². The van der Waals surface area contributed by atoms with Gasteiger partial charge in [0.1, 0.15) is 5.82 Å². The molecule has 0 heterocycles. The summed E-state index contributed by atoms with van der Waals surface area (Å²) in [4.78, 5) is 0. The summed E-state index contributed by atoms with van der Waals surface area (Å²) in [5.41, 5.74) is 2.95. The van der Waals surface area contributed by atoms with E-state index >= 15 is 0 Å². The molecule has 1 unspecified atom stereocenters. The van der Waals surface area contributed by atoms with Gasteiger partial charge in [0.05, 0.1) is 10.5 Å². The van der Waals surface area contributed by atoms with Crippen molar-refractivity contribution in [1.82, 2.24) is 5.32 Å². The Morgan fingerprint density at radius 1 is 1.20 bits per heavy atom. The van der Waals surface area contributed by atoms with Crippen molar-refractivity contribution < 1.29 is 4.39 Å². The predicted molar refractivity (Wildman–Crippen MR) is 85.4 cm³/mol. The normalized spacial score (nSPS) is 12.4. The molecule has 0 aromatic heterocycles. The standard InChI is InChI=1S/C17H19BrFN/c1-3-10-20-17(13-7-4-6-12(2)11-13)14-8-5-9-15(18)16(14)19/h4-9,11,17,20H,3,10H2,1-2H3. The first-order valence-electron chi connectivity index (χ1n) is 6.87. The average Bonchev–Trinajstić information content (AvgIpc) is 2.44. The van der Waals surface area contributed by atoms with E-state index in [1.165, 1.54) is 5.56 Å². The molecule has 1 nitrogen and oxygen atoms in total. The van der Waals surface area contributed by atoms with E-state index in [0.717, 1.165) is 18.5 Å². The van der Waals surface area contributed by atoms with Crippen LogP contribution in [0, 0.1) is 12.7 Å². The Kier molecular flexibility index (Phi) is 5.32. The van der Waals surface area contributed by atoms with Crippen LogP contribution in [0.25, 0.3) is 0 Å². The third kappa shape index (κ3) is 3.47. The SMILES string of the molecule is CCCNC(c1cccc(C)c1)c1cccc(Br)c1F. The van der Waals surface area contributed by atoms with Crippen LogP contribution in [0.5, 0.6) is 0 Å². The quantitative estimate of drug-likeness (QED) is 0.811. The number of rotatable bonds is 5. The van der Waals surface area contributed by atoms with Gasteiger partial charge in [-0.05, 0) is 47.4 Å². The predicted octanol–water partition coefficient (Wildman–Crippen LogP) is 4.99. The minimum atomic E-state index is -0.192. The zero-order valence-electron chi connectivity index (χ0n) is 11.8. The summed E-state index contributed by atoms with van der Waals surface area (Å²) in [6.07, 6.45) is 1.01. The number of hydrogen-bond acceptors (Lipinski definition) is 1. The van der Waals surface area contributed by atoms with E-state index in [4.69, 9.17) is 0 Å². The van der Waals surface area contributed by atoms with Gasteiger partial charge in [-0.15, -0.1) is 0 Å². The average molecular weight is 336 g/mol. The zero-order chi connectivity index (χ0) is 14.5. The second-order valence-corrected chi connectivity index (χ2v) is 5.80. The van der Waals surface area contributed by atoms with Crippen LogP contribution in [0.15, 0.2) is 46.9 Å². The van der Waals surface area contributed by atoms with E-state index in [2.05, 4.69) is 47.2 Å². The molecule has 0 radical (unpaired) electrons. The minimum Gasteiger partial charge on any atom is -0.306 e. The lowest BCUT2D eigenvalue weighted by atomic mass is 9.97. The molecule has 0 aliphatic rings. The van der Waals surface area contributed by atoms with Crippen LogP contribution in [0.4, 0.5) is 4.39 Å². The monoisotopic (exact) mass is 335 g/mol. The number of benzene rings is 2. The number of aryl methyl sites for hydroxylation is 1. The first kappa shape index (κ1) is 15.2. The first-order valence-corrected chi connectivity index (χ1v) is 7.66. The van der Waals surface area contributed by atoms with Crippen molar-refractivity contribution in [2.75, 3.05) is 6.54 Å². The molecule has 0 spiro atoms. The van der Waals surface area contributed by atoms with Gasteiger partial charge in [0.25, 0.3) is 0 Å². The van der Waals surface area contributed by atoms with Crippen LogP contribution >= 0.6 is 15.9 Å². The third-order valence-electron chi connectivity index (χ3n) is 3.27.